The van der Waals surface area contributed by atoms with Crippen LogP contribution in [0.2, 0.25) is 0 Å². The van der Waals surface area contributed by atoms with Gasteiger partial charge in [-0.05, 0) is 33.3 Å². The largest absolute Gasteiger partial charge is 0.375 e. The molecule has 1 fully saturated rings. The third-order valence-electron chi connectivity index (χ3n) is 3.89. The fourth-order valence-corrected chi connectivity index (χ4v) is 2.82. The van der Waals surface area contributed by atoms with E-state index in [0.29, 0.717) is 12.6 Å². The third-order valence-corrected chi connectivity index (χ3v) is 3.89. The van der Waals surface area contributed by atoms with E-state index in [-0.39, 0.29) is 6.10 Å². The van der Waals surface area contributed by atoms with E-state index in [1.165, 1.54) is 5.69 Å². The van der Waals surface area contributed by atoms with Crippen LogP contribution in [0.4, 0.5) is 5.69 Å². The van der Waals surface area contributed by atoms with Gasteiger partial charge in [-0.25, -0.2) is 0 Å². The molecule has 0 amide bonds. The van der Waals surface area contributed by atoms with Crippen molar-refractivity contribution in [1.82, 2.24) is 4.98 Å². The van der Waals surface area contributed by atoms with Gasteiger partial charge >= 0.3 is 0 Å². The maximum absolute atomic E-state index is 5.93. The second-order valence-corrected chi connectivity index (χ2v) is 5.41. The van der Waals surface area contributed by atoms with Crippen molar-refractivity contribution in [2.24, 2.45) is 5.73 Å². The lowest BCUT2D eigenvalue weighted by atomic mass is 10.0. The molecule has 2 heterocycles. The average Bonchev–Trinajstić information content (AvgIpc) is 2.37. The van der Waals surface area contributed by atoms with Crippen molar-refractivity contribution in [3.63, 3.8) is 0 Å². The van der Waals surface area contributed by atoms with Gasteiger partial charge in [-0.1, -0.05) is 6.92 Å². The maximum Gasteiger partial charge on any atom is 0.0723 e. The molecule has 19 heavy (non-hydrogen) atoms. The Morgan fingerprint density at radius 1 is 1.47 bits per heavy atom. The normalized spacial score (nSPS) is 23.7. The zero-order valence-electron chi connectivity index (χ0n) is 12.4. The number of nitrogens with two attached hydrogens (primary N) is 1. The molecule has 0 spiro atoms. The van der Waals surface area contributed by atoms with Gasteiger partial charge in [-0.15, -0.1) is 0 Å². The van der Waals surface area contributed by atoms with E-state index in [0.717, 1.165) is 36.5 Å². The molecule has 4 heteroatoms. The minimum absolute atomic E-state index is 0.266. The molecule has 1 saturated heterocycles. The van der Waals surface area contributed by atoms with E-state index in [2.05, 4.69) is 29.8 Å². The number of pyridine rings is 1. The van der Waals surface area contributed by atoms with E-state index in [9.17, 15) is 0 Å². The van der Waals surface area contributed by atoms with Crippen LogP contribution in [0, 0.1) is 13.8 Å². The molecule has 1 aromatic rings. The van der Waals surface area contributed by atoms with Gasteiger partial charge in [0.2, 0.25) is 0 Å². The minimum Gasteiger partial charge on any atom is -0.375 e. The van der Waals surface area contributed by atoms with Crippen molar-refractivity contribution in [3.8, 4) is 0 Å². The summed E-state index contributed by atoms with van der Waals surface area (Å²) in [6.07, 6.45) is 1.35. The molecule has 0 aromatic carbocycles. The Morgan fingerprint density at radius 3 is 2.84 bits per heavy atom. The maximum atomic E-state index is 5.93. The fourth-order valence-electron chi connectivity index (χ4n) is 2.82. The lowest BCUT2D eigenvalue weighted by molar-refractivity contribution is 0.0299. The molecule has 2 rings (SSSR count). The molecule has 1 aromatic heterocycles. The smallest absolute Gasteiger partial charge is 0.0723 e. The summed E-state index contributed by atoms with van der Waals surface area (Å²) in [5.74, 6) is 0. The first-order valence-electron chi connectivity index (χ1n) is 7.12. The predicted molar refractivity (Wildman–Crippen MR) is 78.4 cm³/mol. The first-order chi connectivity index (χ1) is 9.06. The first-order valence-corrected chi connectivity index (χ1v) is 7.12. The van der Waals surface area contributed by atoms with Crippen molar-refractivity contribution < 1.29 is 4.74 Å². The summed E-state index contributed by atoms with van der Waals surface area (Å²) in [7, 11) is 0. The lowest BCUT2D eigenvalue weighted by Crippen LogP contribution is -2.49. The van der Waals surface area contributed by atoms with Crippen LogP contribution in [0.15, 0.2) is 6.07 Å². The first kappa shape index (κ1) is 14.3. The number of nitrogens with zero attached hydrogens (tertiary/aromatic N) is 2. The molecular formula is C15H25N3O. The number of aryl methyl sites for hydroxylation is 2. The number of morpholine rings is 1. The standard InChI is InChI=1S/C15H25N3O/c1-5-13-9-19-11(3)8-18(13)15-6-10(2)17-12(4)14(15)7-16/h6,11,13H,5,7-9,16H2,1-4H3. The number of hydrogen-bond donors (Lipinski definition) is 1. The third kappa shape index (κ3) is 2.90. The molecule has 1 aliphatic rings. The highest BCUT2D eigenvalue weighted by molar-refractivity contribution is 5.57. The van der Waals surface area contributed by atoms with Gasteiger partial charge in [0.05, 0.1) is 18.8 Å². The van der Waals surface area contributed by atoms with Crippen molar-refractivity contribution in [1.29, 1.82) is 0 Å². The Balaban J connectivity index is 2.43. The Morgan fingerprint density at radius 2 is 2.21 bits per heavy atom. The van der Waals surface area contributed by atoms with Crippen LogP contribution in [0.3, 0.4) is 0 Å². The molecule has 0 bridgehead atoms. The number of ether oxygens (including phenoxy) is 1. The summed E-state index contributed by atoms with van der Waals surface area (Å²) >= 11 is 0. The molecule has 106 valence electrons. The van der Waals surface area contributed by atoms with Gasteiger partial charge in [0.25, 0.3) is 0 Å². The molecule has 2 N–H and O–H groups in total. The number of anilines is 1. The molecule has 0 aliphatic carbocycles. The van der Waals surface area contributed by atoms with E-state index < -0.39 is 0 Å². The van der Waals surface area contributed by atoms with Crippen LogP contribution in [-0.2, 0) is 11.3 Å². The monoisotopic (exact) mass is 263 g/mol. The summed E-state index contributed by atoms with van der Waals surface area (Å²) < 4.78 is 5.78. The lowest BCUT2D eigenvalue weighted by Gasteiger charge is -2.41. The zero-order valence-corrected chi connectivity index (χ0v) is 12.4. The van der Waals surface area contributed by atoms with Crippen LogP contribution >= 0.6 is 0 Å². The van der Waals surface area contributed by atoms with Crippen LogP contribution in [-0.4, -0.2) is 30.3 Å². The molecule has 1 aliphatic heterocycles. The summed E-state index contributed by atoms with van der Waals surface area (Å²) in [6.45, 7) is 10.7. The average molecular weight is 263 g/mol. The highest BCUT2D eigenvalue weighted by Crippen LogP contribution is 2.29. The Hall–Kier alpha value is -1.13. The molecule has 0 saturated carbocycles. The van der Waals surface area contributed by atoms with E-state index in [1.807, 2.05) is 13.8 Å². The number of rotatable bonds is 3. The second kappa shape index (κ2) is 5.88. The fraction of sp³-hybridized carbons (Fsp3) is 0.667. The summed E-state index contributed by atoms with van der Waals surface area (Å²) in [5, 5.41) is 0. The number of hydrogen-bond acceptors (Lipinski definition) is 4. The van der Waals surface area contributed by atoms with E-state index >= 15 is 0 Å². The topological polar surface area (TPSA) is 51.4 Å². The van der Waals surface area contributed by atoms with E-state index in [4.69, 9.17) is 10.5 Å². The Bertz CT molecular complexity index is 447. The van der Waals surface area contributed by atoms with Gasteiger partial charge < -0.3 is 15.4 Å². The van der Waals surface area contributed by atoms with E-state index in [1.54, 1.807) is 0 Å². The highest BCUT2D eigenvalue weighted by Gasteiger charge is 2.27. The summed E-state index contributed by atoms with van der Waals surface area (Å²) in [4.78, 5) is 6.99. The summed E-state index contributed by atoms with van der Waals surface area (Å²) in [5.41, 5.74) is 10.4. The van der Waals surface area contributed by atoms with Crippen molar-refractivity contribution in [3.05, 3.63) is 23.0 Å². The highest BCUT2D eigenvalue weighted by atomic mass is 16.5. The van der Waals surface area contributed by atoms with Crippen LogP contribution < -0.4 is 10.6 Å². The second-order valence-electron chi connectivity index (χ2n) is 5.41. The molecule has 4 nitrogen and oxygen atoms in total. The Labute approximate surface area is 116 Å². The van der Waals surface area contributed by atoms with Crippen molar-refractivity contribution >= 4 is 5.69 Å². The molecule has 2 atom stereocenters. The zero-order chi connectivity index (χ0) is 14.0. The summed E-state index contributed by atoms with van der Waals surface area (Å²) in [6, 6.07) is 2.60. The number of aromatic nitrogens is 1. The van der Waals surface area contributed by atoms with Gasteiger partial charge in [0.1, 0.15) is 0 Å². The van der Waals surface area contributed by atoms with Crippen molar-refractivity contribution in [2.45, 2.75) is 52.8 Å². The van der Waals surface area contributed by atoms with Gasteiger partial charge in [-0.3, -0.25) is 4.98 Å². The minimum atomic E-state index is 0.266. The van der Waals surface area contributed by atoms with Gasteiger partial charge in [-0.2, -0.15) is 0 Å². The van der Waals surface area contributed by atoms with Gasteiger partial charge in [0.15, 0.2) is 0 Å². The molecule has 0 radical (unpaired) electrons. The van der Waals surface area contributed by atoms with Crippen LogP contribution in [0.25, 0.3) is 0 Å². The molecular weight excluding hydrogens is 238 g/mol. The predicted octanol–water partition coefficient (Wildman–Crippen LogP) is 2.16. The van der Waals surface area contributed by atoms with Crippen molar-refractivity contribution in [2.75, 3.05) is 18.1 Å². The van der Waals surface area contributed by atoms with Crippen LogP contribution in [0.1, 0.15) is 37.2 Å². The Kier molecular flexibility index (Phi) is 4.42. The molecule has 2 unspecified atom stereocenters. The SMILES string of the molecule is CCC1COC(C)CN1c1cc(C)nc(C)c1CN. The van der Waals surface area contributed by atoms with Crippen LogP contribution in [0.5, 0.6) is 0 Å². The quantitative estimate of drug-likeness (QED) is 0.908. The van der Waals surface area contributed by atoms with Gasteiger partial charge in [0, 0.05) is 35.7 Å².